The van der Waals surface area contributed by atoms with Crippen LogP contribution in [-0.4, -0.2) is 21.2 Å². The molecule has 3 nitrogen and oxygen atoms in total. The molecule has 0 radical (unpaired) electrons. The minimum Gasteiger partial charge on any atom is -0.294 e. The summed E-state index contributed by atoms with van der Waals surface area (Å²) in [5.41, 5.74) is 3.91. The molecule has 2 aromatic rings. The normalized spacial score (nSPS) is 16.7. The number of aromatic nitrogens is 2. The zero-order valence-electron chi connectivity index (χ0n) is 12.7. The lowest BCUT2D eigenvalue weighted by Gasteiger charge is -2.28. The standard InChI is InChI=1S/C17H22ClN3/c1-3-13(2)21-16-9-10-20(12-15(16)17(18)19-21)11-14-7-5-4-6-8-14/h4-8,13H,3,9-12H2,1-2H3. The van der Waals surface area contributed by atoms with Crippen LogP contribution in [-0.2, 0) is 19.5 Å². The summed E-state index contributed by atoms with van der Waals surface area (Å²) in [6.07, 6.45) is 2.12. The van der Waals surface area contributed by atoms with Gasteiger partial charge in [0, 0.05) is 43.4 Å². The Kier molecular flexibility index (Phi) is 4.32. The highest BCUT2D eigenvalue weighted by Gasteiger charge is 2.25. The van der Waals surface area contributed by atoms with Crippen molar-refractivity contribution in [1.82, 2.24) is 14.7 Å². The number of fused-ring (bicyclic) bond motifs is 1. The molecule has 1 aliphatic heterocycles. The van der Waals surface area contributed by atoms with Gasteiger partial charge < -0.3 is 0 Å². The van der Waals surface area contributed by atoms with Crippen LogP contribution in [0.25, 0.3) is 0 Å². The third kappa shape index (κ3) is 2.99. The molecule has 1 atom stereocenters. The highest BCUT2D eigenvalue weighted by Crippen LogP contribution is 2.29. The maximum Gasteiger partial charge on any atom is 0.155 e. The van der Waals surface area contributed by atoms with Crippen LogP contribution in [0, 0.1) is 0 Å². The van der Waals surface area contributed by atoms with Crippen LogP contribution < -0.4 is 0 Å². The molecule has 4 heteroatoms. The SMILES string of the molecule is CCC(C)n1nc(Cl)c2c1CCN(Cc1ccccc1)C2. The van der Waals surface area contributed by atoms with Crippen LogP contribution in [0.15, 0.2) is 30.3 Å². The molecular weight excluding hydrogens is 282 g/mol. The summed E-state index contributed by atoms with van der Waals surface area (Å²) >= 11 is 6.37. The Bertz CT molecular complexity index is 606. The van der Waals surface area contributed by atoms with Gasteiger partial charge in [-0.1, -0.05) is 48.9 Å². The average Bonchev–Trinajstić information content (AvgIpc) is 2.84. The molecule has 112 valence electrons. The fraction of sp³-hybridized carbons (Fsp3) is 0.471. The maximum atomic E-state index is 6.37. The Morgan fingerprint density at radius 2 is 2.05 bits per heavy atom. The van der Waals surface area contributed by atoms with E-state index in [-0.39, 0.29) is 0 Å². The Labute approximate surface area is 131 Å². The molecule has 0 amide bonds. The lowest BCUT2D eigenvalue weighted by Crippen LogP contribution is -2.31. The zero-order chi connectivity index (χ0) is 14.8. The minimum atomic E-state index is 0.423. The first kappa shape index (κ1) is 14.6. The van der Waals surface area contributed by atoms with Crippen molar-refractivity contribution in [3.63, 3.8) is 0 Å². The molecule has 3 rings (SSSR count). The molecule has 1 unspecified atom stereocenters. The van der Waals surface area contributed by atoms with Crippen LogP contribution in [0.4, 0.5) is 0 Å². The van der Waals surface area contributed by atoms with Gasteiger partial charge in [0.1, 0.15) is 0 Å². The van der Waals surface area contributed by atoms with E-state index in [0.717, 1.165) is 32.5 Å². The van der Waals surface area contributed by atoms with Crippen LogP contribution in [0.5, 0.6) is 0 Å². The van der Waals surface area contributed by atoms with Crippen LogP contribution in [0.2, 0.25) is 5.15 Å². The Hall–Kier alpha value is -1.32. The molecule has 1 aliphatic rings. The van der Waals surface area contributed by atoms with Gasteiger partial charge >= 0.3 is 0 Å². The summed E-state index contributed by atoms with van der Waals surface area (Å²) in [5.74, 6) is 0. The molecular formula is C17H22ClN3. The molecule has 1 aromatic heterocycles. The van der Waals surface area contributed by atoms with E-state index in [1.807, 2.05) is 0 Å². The summed E-state index contributed by atoms with van der Waals surface area (Å²) in [6, 6.07) is 11.0. The number of benzene rings is 1. The first-order valence-corrected chi connectivity index (χ1v) is 8.09. The summed E-state index contributed by atoms with van der Waals surface area (Å²) < 4.78 is 2.14. The number of nitrogens with zero attached hydrogens (tertiary/aromatic N) is 3. The third-order valence-corrected chi connectivity index (χ3v) is 4.68. The van der Waals surface area contributed by atoms with E-state index in [0.29, 0.717) is 11.2 Å². The molecule has 0 saturated heterocycles. The van der Waals surface area contributed by atoms with Crippen molar-refractivity contribution >= 4 is 11.6 Å². The zero-order valence-corrected chi connectivity index (χ0v) is 13.5. The van der Waals surface area contributed by atoms with Crippen LogP contribution in [0.3, 0.4) is 0 Å². The average molecular weight is 304 g/mol. The largest absolute Gasteiger partial charge is 0.294 e. The van der Waals surface area contributed by atoms with Gasteiger partial charge in [0.25, 0.3) is 0 Å². The Morgan fingerprint density at radius 1 is 1.29 bits per heavy atom. The first-order chi connectivity index (χ1) is 10.2. The van der Waals surface area contributed by atoms with Gasteiger partial charge in [0.05, 0.1) is 0 Å². The van der Waals surface area contributed by atoms with E-state index in [1.165, 1.54) is 16.8 Å². The monoisotopic (exact) mass is 303 g/mol. The van der Waals surface area contributed by atoms with Crippen molar-refractivity contribution in [2.75, 3.05) is 6.54 Å². The summed E-state index contributed by atoms with van der Waals surface area (Å²) in [7, 11) is 0. The van der Waals surface area contributed by atoms with Crippen molar-refractivity contribution < 1.29 is 0 Å². The highest BCUT2D eigenvalue weighted by atomic mass is 35.5. The van der Waals surface area contributed by atoms with Gasteiger partial charge in [-0.25, -0.2) is 0 Å². The second-order valence-electron chi connectivity index (χ2n) is 5.86. The second-order valence-corrected chi connectivity index (χ2v) is 6.22. The van der Waals surface area contributed by atoms with Crippen LogP contribution >= 0.6 is 11.6 Å². The van der Waals surface area contributed by atoms with E-state index in [4.69, 9.17) is 11.6 Å². The summed E-state index contributed by atoms with van der Waals surface area (Å²) in [4.78, 5) is 2.45. The van der Waals surface area contributed by atoms with E-state index in [2.05, 4.69) is 58.9 Å². The molecule has 0 N–H and O–H groups in total. The van der Waals surface area contributed by atoms with E-state index >= 15 is 0 Å². The number of rotatable bonds is 4. The minimum absolute atomic E-state index is 0.423. The fourth-order valence-electron chi connectivity index (χ4n) is 2.98. The fourth-order valence-corrected chi connectivity index (χ4v) is 3.23. The highest BCUT2D eigenvalue weighted by molar-refractivity contribution is 6.30. The molecule has 0 saturated carbocycles. The van der Waals surface area contributed by atoms with Crippen molar-refractivity contribution in [1.29, 1.82) is 0 Å². The van der Waals surface area contributed by atoms with E-state index in [9.17, 15) is 0 Å². The summed E-state index contributed by atoms with van der Waals surface area (Å²) in [5, 5.41) is 5.24. The van der Waals surface area contributed by atoms with Gasteiger partial charge in [-0.15, -0.1) is 0 Å². The van der Waals surface area contributed by atoms with E-state index < -0.39 is 0 Å². The number of hydrogen-bond acceptors (Lipinski definition) is 2. The van der Waals surface area contributed by atoms with E-state index in [1.54, 1.807) is 0 Å². The van der Waals surface area contributed by atoms with Gasteiger partial charge in [-0.05, 0) is 18.9 Å². The molecule has 0 bridgehead atoms. The molecule has 0 fully saturated rings. The first-order valence-electron chi connectivity index (χ1n) is 7.71. The molecule has 0 aliphatic carbocycles. The lowest BCUT2D eigenvalue weighted by molar-refractivity contribution is 0.240. The molecule has 21 heavy (non-hydrogen) atoms. The third-order valence-electron chi connectivity index (χ3n) is 4.37. The van der Waals surface area contributed by atoms with Crippen molar-refractivity contribution in [3.8, 4) is 0 Å². The molecule has 0 spiro atoms. The van der Waals surface area contributed by atoms with Crippen molar-refractivity contribution in [2.45, 2.75) is 45.8 Å². The van der Waals surface area contributed by atoms with Gasteiger partial charge in [-0.2, -0.15) is 5.10 Å². The Morgan fingerprint density at radius 3 is 2.76 bits per heavy atom. The van der Waals surface area contributed by atoms with Gasteiger partial charge in [0.2, 0.25) is 0 Å². The predicted molar refractivity (Wildman–Crippen MR) is 86.5 cm³/mol. The van der Waals surface area contributed by atoms with Crippen molar-refractivity contribution in [3.05, 3.63) is 52.3 Å². The summed E-state index contributed by atoms with van der Waals surface area (Å²) in [6.45, 7) is 7.35. The maximum absolute atomic E-state index is 6.37. The topological polar surface area (TPSA) is 21.1 Å². The van der Waals surface area contributed by atoms with Gasteiger partial charge in [-0.3, -0.25) is 9.58 Å². The smallest absolute Gasteiger partial charge is 0.155 e. The lowest BCUT2D eigenvalue weighted by atomic mass is 10.1. The quantitative estimate of drug-likeness (QED) is 0.849. The Balaban J connectivity index is 1.78. The molecule has 1 aromatic carbocycles. The van der Waals surface area contributed by atoms with Crippen molar-refractivity contribution in [2.24, 2.45) is 0 Å². The number of hydrogen-bond donors (Lipinski definition) is 0. The van der Waals surface area contributed by atoms with Crippen LogP contribution in [0.1, 0.15) is 43.1 Å². The van der Waals surface area contributed by atoms with Gasteiger partial charge in [0.15, 0.2) is 5.15 Å². The molecule has 2 heterocycles. The predicted octanol–water partition coefficient (Wildman–Crippen LogP) is 4.07. The second kappa shape index (κ2) is 6.20. The number of halogens is 1.